The van der Waals surface area contributed by atoms with E-state index >= 15 is 0 Å². The van der Waals surface area contributed by atoms with Crippen molar-refractivity contribution in [2.24, 2.45) is 5.10 Å². The van der Waals surface area contributed by atoms with Crippen molar-refractivity contribution in [2.75, 3.05) is 6.54 Å². The number of fused-ring (bicyclic) bond motifs is 1. The van der Waals surface area contributed by atoms with Gasteiger partial charge in [0.15, 0.2) is 5.69 Å². The molecule has 0 radical (unpaired) electrons. The summed E-state index contributed by atoms with van der Waals surface area (Å²) in [7, 11) is 0. The van der Waals surface area contributed by atoms with Gasteiger partial charge >= 0.3 is 0 Å². The standard InChI is InChI=1S/C18H24N6O3/c1-10-6-12(19-15(25)7-11-8-16(26)22-20-11)9-24(10)18(27)17-13-4-2-3-5-14(13)21-23-17/h10,12H,2-9H2,1H3,(H,19,25)(H,21,23)(H,22,26). The van der Waals surface area contributed by atoms with Gasteiger partial charge in [-0.2, -0.15) is 10.2 Å². The third kappa shape index (κ3) is 3.58. The van der Waals surface area contributed by atoms with E-state index in [2.05, 4.69) is 26.0 Å². The van der Waals surface area contributed by atoms with E-state index in [4.69, 9.17) is 0 Å². The van der Waals surface area contributed by atoms with E-state index in [0.29, 0.717) is 24.4 Å². The lowest BCUT2D eigenvalue weighted by atomic mass is 9.95. The summed E-state index contributed by atoms with van der Waals surface area (Å²) in [4.78, 5) is 38.2. The Morgan fingerprint density at radius 1 is 1.30 bits per heavy atom. The summed E-state index contributed by atoms with van der Waals surface area (Å²) < 4.78 is 0. The highest BCUT2D eigenvalue weighted by Gasteiger charge is 2.36. The van der Waals surface area contributed by atoms with E-state index in [1.165, 1.54) is 0 Å². The minimum Gasteiger partial charge on any atom is -0.351 e. The van der Waals surface area contributed by atoms with Crippen LogP contribution < -0.4 is 10.7 Å². The third-order valence-corrected chi connectivity index (χ3v) is 5.53. The van der Waals surface area contributed by atoms with Crippen LogP contribution in [-0.4, -0.2) is 57.2 Å². The summed E-state index contributed by atoms with van der Waals surface area (Å²) in [6.45, 7) is 2.46. The Bertz CT molecular complexity index is 814. The molecular weight excluding hydrogens is 348 g/mol. The molecule has 0 spiro atoms. The highest BCUT2D eigenvalue weighted by molar-refractivity contribution is 6.11. The number of H-pyrrole nitrogens is 1. The normalized spacial score (nSPS) is 24.4. The second-order valence-electron chi connectivity index (χ2n) is 7.61. The molecular formula is C18H24N6O3. The van der Waals surface area contributed by atoms with Gasteiger partial charge in [0.25, 0.3) is 5.91 Å². The first-order valence-corrected chi connectivity index (χ1v) is 9.52. The molecule has 9 heteroatoms. The lowest BCUT2D eigenvalue weighted by Crippen LogP contribution is -2.40. The van der Waals surface area contributed by atoms with Crippen molar-refractivity contribution in [1.29, 1.82) is 0 Å². The topological polar surface area (TPSA) is 120 Å². The van der Waals surface area contributed by atoms with Crippen molar-refractivity contribution < 1.29 is 14.4 Å². The van der Waals surface area contributed by atoms with E-state index < -0.39 is 0 Å². The molecule has 0 bridgehead atoms. The number of nitrogens with one attached hydrogen (secondary N) is 3. The largest absolute Gasteiger partial charge is 0.351 e. The van der Waals surface area contributed by atoms with Crippen LogP contribution in [0, 0.1) is 0 Å². The van der Waals surface area contributed by atoms with Crippen molar-refractivity contribution >= 4 is 23.4 Å². The molecule has 3 amide bonds. The molecule has 27 heavy (non-hydrogen) atoms. The first kappa shape index (κ1) is 17.7. The number of amides is 3. The molecule has 144 valence electrons. The Labute approximate surface area is 156 Å². The molecule has 2 unspecified atom stereocenters. The molecule has 3 aliphatic rings. The number of aryl methyl sites for hydroxylation is 1. The van der Waals surface area contributed by atoms with Crippen LogP contribution in [0.15, 0.2) is 5.10 Å². The van der Waals surface area contributed by atoms with Crippen molar-refractivity contribution in [3.05, 3.63) is 17.0 Å². The number of carbonyl (C=O) groups is 3. The maximum Gasteiger partial charge on any atom is 0.274 e. The van der Waals surface area contributed by atoms with E-state index in [9.17, 15) is 14.4 Å². The van der Waals surface area contributed by atoms with Crippen molar-refractivity contribution in [2.45, 2.75) is 64.0 Å². The monoisotopic (exact) mass is 372 g/mol. The summed E-state index contributed by atoms with van der Waals surface area (Å²) in [5, 5.41) is 14.1. The van der Waals surface area contributed by atoms with Crippen LogP contribution in [0.2, 0.25) is 0 Å². The zero-order chi connectivity index (χ0) is 19.0. The average Bonchev–Trinajstić information content (AvgIpc) is 3.33. The van der Waals surface area contributed by atoms with Crippen LogP contribution in [0.4, 0.5) is 0 Å². The Morgan fingerprint density at radius 3 is 2.89 bits per heavy atom. The summed E-state index contributed by atoms with van der Waals surface area (Å²) in [6.07, 6.45) is 5.03. The van der Waals surface area contributed by atoms with Crippen LogP contribution in [0.3, 0.4) is 0 Å². The second kappa shape index (κ2) is 7.13. The minimum absolute atomic E-state index is 0.0332. The molecule has 4 rings (SSSR count). The van der Waals surface area contributed by atoms with Gasteiger partial charge in [0.2, 0.25) is 11.8 Å². The van der Waals surface area contributed by atoms with E-state index in [1.54, 1.807) is 4.90 Å². The zero-order valence-corrected chi connectivity index (χ0v) is 15.4. The van der Waals surface area contributed by atoms with E-state index in [-0.39, 0.29) is 42.6 Å². The molecule has 3 N–H and O–H groups in total. The molecule has 1 saturated heterocycles. The molecule has 1 aromatic rings. The van der Waals surface area contributed by atoms with Gasteiger partial charge in [-0.1, -0.05) is 0 Å². The molecule has 2 atom stereocenters. The number of carbonyl (C=O) groups excluding carboxylic acids is 3. The number of hydrazone groups is 1. The predicted octanol–water partition coefficient (Wildman–Crippen LogP) is 0.274. The summed E-state index contributed by atoms with van der Waals surface area (Å²) in [5.74, 6) is -0.422. The predicted molar refractivity (Wildman–Crippen MR) is 97.1 cm³/mol. The van der Waals surface area contributed by atoms with Gasteiger partial charge < -0.3 is 10.2 Å². The number of hydrogen-bond donors (Lipinski definition) is 3. The summed E-state index contributed by atoms with van der Waals surface area (Å²) >= 11 is 0. The third-order valence-electron chi connectivity index (χ3n) is 5.53. The smallest absolute Gasteiger partial charge is 0.274 e. The molecule has 0 saturated carbocycles. The number of nitrogens with zero attached hydrogens (tertiary/aromatic N) is 3. The number of likely N-dealkylation sites (tertiary alicyclic amines) is 1. The van der Waals surface area contributed by atoms with Gasteiger partial charge in [-0.25, -0.2) is 5.43 Å². The van der Waals surface area contributed by atoms with Crippen molar-refractivity contribution in [3.63, 3.8) is 0 Å². The SMILES string of the molecule is CC1CC(NC(=O)CC2=NNC(=O)C2)CN1C(=O)c1n[nH]c2c1CCCC2. The summed E-state index contributed by atoms with van der Waals surface area (Å²) in [5.41, 5.74) is 5.56. The Morgan fingerprint density at radius 2 is 2.11 bits per heavy atom. The van der Waals surface area contributed by atoms with Crippen molar-refractivity contribution in [1.82, 2.24) is 25.8 Å². The number of aromatic amines is 1. The molecule has 0 aromatic carbocycles. The van der Waals surface area contributed by atoms with Gasteiger partial charge in [-0.05, 0) is 39.0 Å². The van der Waals surface area contributed by atoms with Gasteiger partial charge in [-0.15, -0.1) is 0 Å². The lowest BCUT2D eigenvalue weighted by molar-refractivity contribution is -0.120. The minimum atomic E-state index is -0.189. The van der Waals surface area contributed by atoms with Gasteiger partial charge in [0.1, 0.15) is 0 Å². The fourth-order valence-electron chi connectivity index (χ4n) is 4.18. The molecule has 9 nitrogen and oxygen atoms in total. The fourth-order valence-corrected chi connectivity index (χ4v) is 4.18. The van der Waals surface area contributed by atoms with Crippen LogP contribution in [0.5, 0.6) is 0 Å². The number of rotatable bonds is 4. The molecule has 2 aliphatic heterocycles. The molecule has 1 aromatic heterocycles. The molecule has 1 aliphatic carbocycles. The first-order chi connectivity index (χ1) is 13.0. The number of hydrogen-bond acceptors (Lipinski definition) is 5. The fraction of sp³-hybridized carbons (Fsp3) is 0.611. The van der Waals surface area contributed by atoms with Crippen LogP contribution in [-0.2, 0) is 22.4 Å². The van der Waals surface area contributed by atoms with E-state index in [0.717, 1.165) is 36.9 Å². The highest BCUT2D eigenvalue weighted by atomic mass is 16.2. The highest BCUT2D eigenvalue weighted by Crippen LogP contribution is 2.26. The maximum absolute atomic E-state index is 13.0. The molecule has 1 fully saturated rings. The first-order valence-electron chi connectivity index (χ1n) is 9.52. The maximum atomic E-state index is 13.0. The van der Waals surface area contributed by atoms with Crippen molar-refractivity contribution in [3.8, 4) is 0 Å². The lowest BCUT2D eigenvalue weighted by Gasteiger charge is -2.21. The summed E-state index contributed by atoms with van der Waals surface area (Å²) in [6, 6.07) is -0.0670. The molecule has 3 heterocycles. The van der Waals surface area contributed by atoms with Crippen LogP contribution in [0.25, 0.3) is 0 Å². The second-order valence-corrected chi connectivity index (χ2v) is 7.61. The Hall–Kier alpha value is -2.71. The quantitative estimate of drug-likeness (QED) is 0.703. The number of aromatic nitrogens is 2. The van der Waals surface area contributed by atoms with Crippen LogP contribution >= 0.6 is 0 Å². The van der Waals surface area contributed by atoms with Gasteiger partial charge in [-0.3, -0.25) is 19.5 Å². The Kier molecular flexibility index (Phi) is 4.67. The van der Waals surface area contributed by atoms with Crippen LogP contribution in [0.1, 0.15) is 60.8 Å². The Balaban J connectivity index is 1.36. The van der Waals surface area contributed by atoms with Gasteiger partial charge in [0, 0.05) is 29.9 Å². The zero-order valence-electron chi connectivity index (χ0n) is 15.4. The van der Waals surface area contributed by atoms with Gasteiger partial charge in [0.05, 0.1) is 18.6 Å². The van der Waals surface area contributed by atoms with E-state index in [1.807, 2.05) is 6.92 Å². The average molecular weight is 372 g/mol.